The molecule has 180 valence electrons. The summed E-state index contributed by atoms with van der Waals surface area (Å²) in [6.07, 6.45) is 16.2. The third-order valence-electron chi connectivity index (χ3n) is 4.78. The molecule has 0 fully saturated rings. The molecule has 30 heavy (non-hydrogen) atoms. The van der Waals surface area contributed by atoms with Gasteiger partial charge in [0.2, 0.25) is 8.32 Å². The van der Waals surface area contributed by atoms with Crippen LogP contribution in [0, 0.1) is 0 Å². The van der Waals surface area contributed by atoms with E-state index in [1.54, 1.807) is 0 Å². The molecule has 1 atom stereocenters. The number of carbonyl (C=O) groups is 1. The SMILES string of the molecule is CCCCCCCCCOC(CCCCCCCC(=O)O[Si](C)(C)C)O[Si](C)(C)C. The van der Waals surface area contributed by atoms with Crippen molar-refractivity contribution in [2.24, 2.45) is 0 Å². The smallest absolute Gasteiger partial charge is 0.292 e. The van der Waals surface area contributed by atoms with Crippen molar-refractivity contribution in [3.63, 3.8) is 0 Å². The number of carbonyl (C=O) groups excluding carboxylic acids is 1. The highest BCUT2D eigenvalue weighted by atomic mass is 28.4. The van der Waals surface area contributed by atoms with Crippen LogP contribution in [0.3, 0.4) is 0 Å². The molecule has 0 aliphatic heterocycles. The molecule has 0 aliphatic carbocycles. The molecule has 0 aromatic carbocycles. The fraction of sp³-hybridized carbons (Fsp3) is 0.958. The Bertz CT molecular complexity index is 416. The zero-order valence-corrected chi connectivity index (χ0v) is 23.3. The van der Waals surface area contributed by atoms with E-state index in [0.29, 0.717) is 6.42 Å². The molecule has 0 spiro atoms. The molecule has 1 unspecified atom stereocenters. The third-order valence-corrected chi connectivity index (χ3v) is 6.59. The van der Waals surface area contributed by atoms with Gasteiger partial charge in [0.05, 0.1) is 0 Å². The van der Waals surface area contributed by atoms with Gasteiger partial charge in [-0.15, -0.1) is 0 Å². The van der Waals surface area contributed by atoms with Gasteiger partial charge in [0, 0.05) is 13.0 Å². The molecule has 0 amide bonds. The Kier molecular flexibility index (Phi) is 17.3. The van der Waals surface area contributed by atoms with Crippen LogP contribution in [-0.2, 0) is 18.4 Å². The average Bonchev–Trinajstić information content (AvgIpc) is 2.60. The Hall–Kier alpha value is -0.176. The van der Waals surface area contributed by atoms with Gasteiger partial charge in [-0.3, -0.25) is 4.79 Å². The zero-order chi connectivity index (χ0) is 22.9. The van der Waals surface area contributed by atoms with Crippen molar-refractivity contribution < 1.29 is 18.4 Å². The molecule has 0 radical (unpaired) electrons. The maximum absolute atomic E-state index is 11.8. The van der Waals surface area contributed by atoms with E-state index < -0.39 is 16.6 Å². The second-order valence-corrected chi connectivity index (χ2v) is 19.4. The van der Waals surface area contributed by atoms with Crippen LogP contribution in [-0.4, -0.2) is 35.5 Å². The number of ether oxygens (including phenoxy) is 1. The van der Waals surface area contributed by atoms with E-state index in [4.69, 9.17) is 13.6 Å². The van der Waals surface area contributed by atoms with Crippen molar-refractivity contribution in [2.75, 3.05) is 6.61 Å². The van der Waals surface area contributed by atoms with E-state index in [9.17, 15) is 4.79 Å². The summed E-state index contributed by atoms with van der Waals surface area (Å²) in [6.45, 7) is 15.9. The molecule has 0 aromatic heterocycles. The van der Waals surface area contributed by atoms with Gasteiger partial charge in [0.15, 0.2) is 8.32 Å². The summed E-state index contributed by atoms with van der Waals surface area (Å²) in [5.74, 6) is -0.0171. The monoisotopic (exact) mass is 460 g/mol. The zero-order valence-electron chi connectivity index (χ0n) is 21.3. The summed E-state index contributed by atoms with van der Waals surface area (Å²) in [7, 11) is -3.33. The summed E-state index contributed by atoms with van der Waals surface area (Å²) in [4.78, 5) is 11.8. The Morgan fingerprint density at radius 1 is 0.700 bits per heavy atom. The number of hydrogen-bond donors (Lipinski definition) is 0. The molecule has 6 heteroatoms. The minimum Gasteiger partial charge on any atom is -0.520 e. The first kappa shape index (κ1) is 29.8. The molecule has 0 aliphatic rings. The van der Waals surface area contributed by atoms with Gasteiger partial charge in [-0.2, -0.15) is 0 Å². The van der Waals surface area contributed by atoms with Crippen LogP contribution < -0.4 is 0 Å². The van der Waals surface area contributed by atoms with Crippen molar-refractivity contribution in [3.05, 3.63) is 0 Å². The lowest BCUT2D eigenvalue weighted by molar-refractivity contribution is -0.135. The Labute approximate surface area is 190 Å². The normalized spacial score (nSPS) is 13.4. The van der Waals surface area contributed by atoms with Gasteiger partial charge in [0.25, 0.3) is 5.97 Å². The molecule has 0 bridgehead atoms. The maximum atomic E-state index is 11.8. The quantitative estimate of drug-likeness (QED) is 0.105. The number of rotatable bonds is 20. The second-order valence-electron chi connectivity index (χ2n) is 10.5. The molecule has 0 heterocycles. The van der Waals surface area contributed by atoms with E-state index in [2.05, 4.69) is 46.2 Å². The van der Waals surface area contributed by atoms with Crippen molar-refractivity contribution >= 4 is 22.6 Å². The van der Waals surface area contributed by atoms with Crippen LogP contribution in [0.15, 0.2) is 0 Å². The minimum absolute atomic E-state index is 0.0171. The van der Waals surface area contributed by atoms with Crippen LogP contribution in [0.5, 0.6) is 0 Å². The highest BCUT2D eigenvalue weighted by molar-refractivity contribution is 6.71. The van der Waals surface area contributed by atoms with Gasteiger partial charge in [-0.05, 0) is 65.0 Å². The van der Waals surface area contributed by atoms with Crippen LogP contribution >= 0.6 is 0 Å². The Morgan fingerprint density at radius 3 is 1.80 bits per heavy atom. The highest BCUT2D eigenvalue weighted by Gasteiger charge is 2.21. The average molecular weight is 461 g/mol. The number of unbranched alkanes of at least 4 members (excludes halogenated alkanes) is 10. The first-order chi connectivity index (χ1) is 14.0. The van der Waals surface area contributed by atoms with Crippen molar-refractivity contribution in [3.8, 4) is 0 Å². The van der Waals surface area contributed by atoms with Crippen LogP contribution in [0.2, 0.25) is 39.3 Å². The van der Waals surface area contributed by atoms with E-state index in [1.807, 2.05) is 0 Å². The lowest BCUT2D eigenvalue weighted by Crippen LogP contribution is -2.33. The summed E-state index contributed by atoms with van der Waals surface area (Å²) in [5.41, 5.74) is 0. The first-order valence-electron chi connectivity index (χ1n) is 12.5. The van der Waals surface area contributed by atoms with Gasteiger partial charge in [0.1, 0.15) is 6.29 Å². The molecular formula is C24H52O4Si2. The predicted molar refractivity (Wildman–Crippen MR) is 134 cm³/mol. The second kappa shape index (κ2) is 17.4. The van der Waals surface area contributed by atoms with Crippen molar-refractivity contribution in [1.29, 1.82) is 0 Å². The summed E-state index contributed by atoms with van der Waals surface area (Å²) >= 11 is 0. The van der Waals surface area contributed by atoms with E-state index in [1.165, 1.54) is 44.9 Å². The van der Waals surface area contributed by atoms with E-state index >= 15 is 0 Å². The lowest BCUT2D eigenvalue weighted by atomic mass is 10.1. The topological polar surface area (TPSA) is 44.8 Å². The van der Waals surface area contributed by atoms with Crippen molar-refractivity contribution in [1.82, 2.24) is 0 Å². The first-order valence-corrected chi connectivity index (χ1v) is 19.4. The van der Waals surface area contributed by atoms with Crippen LogP contribution in [0.4, 0.5) is 0 Å². The molecule has 0 saturated carbocycles. The molecule has 0 rings (SSSR count). The third kappa shape index (κ3) is 22.5. The fourth-order valence-corrected chi connectivity index (χ4v) is 5.11. The maximum Gasteiger partial charge on any atom is 0.292 e. The standard InChI is InChI=1S/C24H52O4Si2/c1-8-9-10-11-12-16-19-22-26-24(28-30(5,6)7)21-18-15-13-14-17-20-23(25)27-29(2,3)4/h24H,8-22H2,1-7H3. The fourth-order valence-electron chi connectivity index (χ4n) is 3.35. The Balaban J connectivity index is 3.86. The van der Waals surface area contributed by atoms with E-state index in [0.717, 1.165) is 45.1 Å². The molecular weight excluding hydrogens is 408 g/mol. The molecule has 4 nitrogen and oxygen atoms in total. The summed E-state index contributed by atoms with van der Waals surface area (Å²) < 4.78 is 17.9. The van der Waals surface area contributed by atoms with Crippen LogP contribution in [0.1, 0.15) is 96.8 Å². The lowest BCUT2D eigenvalue weighted by Gasteiger charge is -2.26. The predicted octanol–water partition coefficient (Wildman–Crippen LogP) is 8.04. The molecule has 0 aromatic rings. The van der Waals surface area contributed by atoms with Gasteiger partial charge in [-0.1, -0.05) is 64.7 Å². The highest BCUT2D eigenvalue weighted by Crippen LogP contribution is 2.17. The summed E-state index contributed by atoms with van der Waals surface area (Å²) in [6, 6.07) is 0. The van der Waals surface area contributed by atoms with Gasteiger partial charge >= 0.3 is 0 Å². The largest absolute Gasteiger partial charge is 0.520 e. The summed E-state index contributed by atoms with van der Waals surface area (Å²) in [5, 5.41) is 0. The van der Waals surface area contributed by atoms with Gasteiger partial charge < -0.3 is 13.6 Å². The molecule has 0 N–H and O–H groups in total. The minimum atomic E-state index is -1.73. The Morgan fingerprint density at radius 2 is 1.23 bits per heavy atom. The van der Waals surface area contributed by atoms with E-state index in [-0.39, 0.29) is 12.3 Å². The van der Waals surface area contributed by atoms with Crippen LogP contribution in [0.25, 0.3) is 0 Å². The van der Waals surface area contributed by atoms with Gasteiger partial charge in [-0.25, -0.2) is 0 Å². The molecule has 0 saturated heterocycles. The van der Waals surface area contributed by atoms with Crippen molar-refractivity contribution in [2.45, 2.75) is 142 Å². The number of hydrogen-bond acceptors (Lipinski definition) is 4.